The highest BCUT2D eigenvalue weighted by Crippen LogP contribution is 2.38. The molecule has 0 aliphatic carbocycles. The van der Waals surface area contributed by atoms with E-state index in [-0.39, 0.29) is 41.3 Å². The van der Waals surface area contributed by atoms with Gasteiger partial charge in [-0.2, -0.15) is 0 Å². The van der Waals surface area contributed by atoms with E-state index in [0.717, 1.165) is 6.08 Å². The topological polar surface area (TPSA) is 80.7 Å². The fourth-order valence-corrected chi connectivity index (χ4v) is 2.15. The van der Waals surface area contributed by atoms with Gasteiger partial charge in [0, 0.05) is 6.42 Å². The Bertz CT molecular complexity index is 682. The molecule has 5 heteroatoms. The lowest BCUT2D eigenvalue weighted by atomic mass is 9.93. The molecule has 0 unspecified atom stereocenters. The maximum Gasteiger partial charge on any atom is 0.192 e. The van der Waals surface area contributed by atoms with Crippen molar-refractivity contribution in [2.75, 3.05) is 6.61 Å². The molecule has 1 aliphatic heterocycles. The van der Waals surface area contributed by atoms with E-state index in [1.807, 2.05) is 0 Å². The van der Waals surface area contributed by atoms with Crippen LogP contribution >= 0.6 is 0 Å². The van der Waals surface area contributed by atoms with Crippen molar-refractivity contribution in [3.05, 3.63) is 47.6 Å². The number of carbonyl (C=O) groups is 3. The van der Waals surface area contributed by atoms with Crippen LogP contribution in [0.5, 0.6) is 11.5 Å². The van der Waals surface area contributed by atoms with Gasteiger partial charge in [0.25, 0.3) is 0 Å². The molecule has 1 aromatic carbocycles. The lowest BCUT2D eigenvalue weighted by Crippen LogP contribution is -2.19. The van der Waals surface area contributed by atoms with Crippen molar-refractivity contribution in [2.24, 2.45) is 0 Å². The summed E-state index contributed by atoms with van der Waals surface area (Å²) in [6, 6.07) is 1.27. The number of Topliss-reactive ketones (excluding diaryl/α,β-unsaturated/α-hetero) is 1. The highest BCUT2D eigenvalue weighted by Gasteiger charge is 2.30. The third kappa shape index (κ3) is 2.50. The van der Waals surface area contributed by atoms with E-state index >= 15 is 0 Å². The zero-order valence-corrected chi connectivity index (χ0v) is 11.5. The number of phenols is 1. The van der Waals surface area contributed by atoms with Crippen molar-refractivity contribution in [1.82, 2.24) is 0 Å². The molecule has 0 radical (unpaired) electrons. The summed E-state index contributed by atoms with van der Waals surface area (Å²) in [5.74, 6) is -1.80. The Kier molecular flexibility index (Phi) is 4.03. The second kappa shape index (κ2) is 5.75. The summed E-state index contributed by atoms with van der Waals surface area (Å²) in [7, 11) is 0. The Morgan fingerprint density at radius 2 is 2.10 bits per heavy atom. The van der Waals surface area contributed by atoms with Crippen molar-refractivity contribution >= 4 is 17.3 Å². The third-order valence-electron chi connectivity index (χ3n) is 3.14. The third-order valence-corrected chi connectivity index (χ3v) is 3.14. The number of ether oxygens (including phenoxy) is 1. The van der Waals surface area contributed by atoms with Crippen molar-refractivity contribution in [2.45, 2.75) is 13.3 Å². The predicted octanol–water partition coefficient (Wildman–Crippen LogP) is 2.48. The first-order valence-corrected chi connectivity index (χ1v) is 6.41. The number of allylic oxidation sites excluding steroid dienone is 3. The van der Waals surface area contributed by atoms with Crippen LogP contribution in [0.2, 0.25) is 0 Å². The molecule has 1 N–H and O–H groups in total. The lowest BCUT2D eigenvalue weighted by Gasteiger charge is -2.20. The average molecular weight is 286 g/mol. The van der Waals surface area contributed by atoms with Gasteiger partial charge in [-0.05, 0) is 25.1 Å². The molecule has 0 bridgehead atoms. The van der Waals surface area contributed by atoms with Crippen LogP contribution in [0.4, 0.5) is 0 Å². The minimum atomic E-state index is -0.603. The minimum absolute atomic E-state index is 0.0191. The number of phenolic OH excluding ortho intramolecular Hbond substituents is 1. The fourth-order valence-electron chi connectivity index (χ4n) is 2.15. The number of fused-ring (bicyclic) bond motifs is 1. The Balaban J connectivity index is 2.78. The highest BCUT2D eigenvalue weighted by atomic mass is 16.5. The Morgan fingerprint density at radius 3 is 2.71 bits per heavy atom. The molecule has 0 aromatic heterocycles. The normalized spacial score (nSPS) is 13.7. The number of benzene rings is 1. The van der Waals surface area contributed by atoms with E-state index in [0.29, 0.717) is 0 Å². The zero-order valence-electron chi connectivity index (χ0n) is 11.5. The number of hydrogen-bond acceptors (Lipinski definition) is 5. The summed E-state index contributed by atoms with van der Waals surface area (Å²) in [6.07, 6.45) is 3.92. The standard InChI is InChI=1S/C16H14O5/c1-3-5-12(18)9-8-10-13(19)6-7-21-16(10)14(15(9)20)11(17)4-2/h3-5,8,20H,2,6-7H2,1H3. The highest BCUT2D eigenvalue weighted by molar-refractivity contribution is 6.17. The molecule has 0 saturated heterocycles. The molecular formula is C16H14O5. The summed E-state index contributed by atoms with van der Waals surface area (Å²) in [6.45, 7) is 5.14. The van der Waals surface area contributed by atoms with Crippen LogP contribution in [-0.4, -0.2) is 29.1 Å². The lowest BCUT2D eigenvalue weighted by molar-refractivity contribution is 0.0931. The first-order valence-electron chi connectivity index (χ1n) is 6.41. The molecule has 0 fully saturated rings. The van der Waals surface area contributed by atoms with E-state index in [1.54, 1.807) is 6.92 Å². The van der Waals surface area contributed by atoms with E-state index < -0.39 is 17.3 Å². The van der Waals surface area contributed by atoms with Crippen molar-refractivity contribution in [3.63, 3.8) is 0 Å². The smallest absolute Gasteiger partial charge is 0.192 e. The van der Waals surface area contributed by atoms with Crippen LogP contribution < -0.4 is 4.74 Å². The molecule has 21 heavy (non-hydrogen) atoms. The van der Waals surface area contributed by atoms with E-state index in [2.05, 4.69) is 6.58 Å². The number of carbonyl (C=O) groups excluding carboxylic acids is 3. The van der Waals surface area contributed by atoms with Gasteiger partial charge >= 0.3 is 0 Å². The molecule has 0 saturated carbocycles. The largest absolute Gasteiger partial charge is 0.506 e. The Labute approximate surface area is 121 Å². The summed E-state index contributed by atoms with van der Waals surface area (Å²) >= 11 is 0. The summed E-state index contributed by atoms with van der Waals surface area (Å²) in [4.78, 5) is 35.9. The van der Waals surface area contributed by atoms with Gasteiger partial charge in [-0.3, -0.25) is 14.4 Å². The zero-order chi connectivity index (χ0) is 15.6. The quantitative estimate of drug-likeness (QED) is 0.679. The molecule has 1 aliphatic rings. The Hall–Kier alpha value is -2.69. The van der Waals surface area contributed by atoms with Gasteiger partial charge in [0.15, 0.2) is 17.3 Å². The fraction of sp³-hybridized carbons (Fsp3) is 0.188. The summed E-state index contributed by atoms with van der Waals surface area (Å²) < 4.78 is 5.34. The number of aromatic hydroxyl groups is 1. The SMILES string of the molecule is C=CC(=O)c1c(O)c(C(=O)C=CC)cc2c1OCCC2=O. The monoisotopic (exact) mass is 286 g/mol. The van der Waals surface area contributed by atoms with Crippen molar-refractivity contribution in [3.8, 4) is 11.5 Å². The van der Waals surface area contributed by atoms with Crippen LogP contribution in [-0.2, 0) is 0 Å². The van der Waals surface area contributed by atoms with E-state index in [1.165, 1.54) is 18.2 Å². The van der Waals surface area contributed by atoms with Crippen LogP contribution in [0.1, 0.15) is 44.4 Å². The number of rotatable bonds is 4. The Morgan fingerprint density at radius 1 is 1.38 bits per heavy atom. The number of ketones is 3. The van der Waals surface area contributed by atoms with Gasteiger partial charge in [-0.1, -0.05) is 12.7 Å². The van der Waals surface area contributed by atoms with Gasteiger partial charge in [0.2, 0.25) is 0 Å². The van der Waals surface area contributed by atoms with Gasteiger partial charge < -0.3 is 9.84 Å². The average Bonchev–Trinajstić information content (AvgIpc) is 2.46. The first-order chi connectivity index (χ1) is 10.0. The molecule has 1 aromatic rings. The molecule has 108 valence electrons. The van der Waals surface area contributed by atoms with Crippen LogP contribution in [0.3, 0.4) is 0 Å². The second-order valence-corrected chi connectivity index (χ2v) is 4.48. The maximum absolute atomic E-state index is 12.0. The number of hydrogen-bond donors (Lipinski definition) is 1. The van der Waals surface area contributed by atoms with Crippen LogP contribution in [0, 0.1) is 0 Å². The van der Waals surface area contributed by atoms with Gasteiger partial charge in [-0.25, -0.2) is 0 Å². The van der Waals surface area contributed by atoms with Crippen molar-refractivity contribution < 1.29 is 24.2 Å². The maximum atomic E-state index is 12.0. The molecule has 2 rings (SSSR count). The summed E-state index contributed by atoms with van der Waals surface area (Å²) in [5, 5.41) is 10.2. The van der Waals surface area contributed by atoms with E-state index in [9.17, 15) is 19.5 Å². The second-order valence-electron chi connectivity index (χ2n) is 4.48. The van der Waals surface area contributed by atoms with Crippen molar-refractivity contribution in [1.29, 1.82) is 0 Å². The molecular weight excluding hydrogens is 272 g/mol. The summed E-state index contributed by atoms with van der Waals surface area (Å²) in [5.41, 5.74) is -0.156. The predicted molar refractivity (Wildman–Crippen MR) is 76.2 cm³/mol. The molecule has 0 atom stereocenters. The first kappa shape index (κ1) is 14.7. The molecule has 1 heterocycles. The molecule has 0 spiro atoms. The van der Waals surface area contributed by atoms with Crippen LogP contribution in [0.25, 0.3) is 0 Å². The van der Waals surface area contributed by atoms with Crippen LogP contribution in [0.15, 0.2) is 30.9 Å². The van der Waals surface area contributed by atoms with Gasteiger partial charge in [0.1, 0.15) is 17.1 Å². The van der Waals surface area contributed by atoms with Gasteiger partial charge in [0.05, 0.1) is 17.7 Å². The molecule has 5 nitrogen and oxygen atoms in total. The molecule has 0 amide bonds. The van der Waals surface area contributed by atoms with E-state index in [4.69, 9.17) is 4.74 Å². The minimum Gasteiger partial charge on any atom is -0.506 e. The van der Waals surface area contributed by atoms with Gasteiger partial charge in [-0.15, -0.1) is 0 Å².